The number of allylic oxidation sites excluding steroid dienone is 2. The Bertz CT molecular complexity index is 131. The van der Waals surface area contributed by atoms with Crippen LogP contribution in [0, 0.1) is 0 Å². The summed E-state index contributed by atoms with van der Waals surface area (Å²) in [6, 6.07) is 1.51. The SMILES string of the molecule is C/C=C/CCCCCC[Si](C)(C)C. The van der Waals surface area contributed by atoms with Gasteiger partial charge in [-0.15, -0.1) is 0 Å². The van der Waals surface area contributed by atoms with Crippen molar-refractivity contribution in [2.24, 2.45) is 0 Å². The third-order valence-electron chi connectivity index (χ3n) is 2.28. The molecule has 0 atom stereocenters. The van der Waals surface area contributed by atoms with Crippen molar-refractivity contribution in [1.29, 1.82) is 0 Å². The van der Waals surface area contributed by atoms with Gasteiger partial charge in [-0.25, -0.2) is 0 Å². The van der Waals surface area contributed by atoms with Crippen molar-refractivity contribution in [2.75, 3.05) is 0 Å². The summed E-state index contributed by atoms with van der Waals surface area (Å²) in [6.45, 7) is 9.50. The highest BCUT2D eigenvalue weighted by Gasteiger charge is 2.10. The van der Waals surface area contributed by atoms with Gasteiger partial charge in [-0.2, -0.15) is 0 Å². The van der Waals surface area contributed by atoms with Crippen molar-refractivity contribution < 1.29 is 0 Å². The molecule has 78 valence electrons. The Labute approximate surface area is 85.4 Å². The first kappa shape index (κ1) is 13.0. The summed E-state index contributed by atoms with van der Waals surface area (Å²) in [4.78, 5) is 0. The third-order valence-corrected chi connectivity index (χ3v) is 4.14. The van der Waals surface area contributed by atoms with Crippen LogP contribution in [0.5, 0.6) is 0 Å². The van der Waals surface area contributed by atoms with Crippen molar-refractivity contribution in [1.82, 2.24) is 0 Å². The number of unbranched alkanes of at least 4 members (excludes halogenated alkanes) is 4. The molecule has 13 heavy (non-hydrogen) atoms. The molecule has 0 aromatic heterocycles. The second kappa shape index (κ2) is 7.37. The molecule has 0 rings (SSSR count). The minimum atomic E-state index is -0.747. The summed E-state index contributed by atoms with van der Waals surface area (Å²) < 4.78 is 0. The van der Waals surface area contributed by atoms with E-state index in [1.165, 1.54) is 38.1 Å². The molecule has 1 heteroatoms. The van der Waals surface area contributed by atoms with Crippen LogP contribution in [-0.4, -0.2) is 8.07 Å². The van der Waals surface area contributed by atoms with Crippen LogP contribution in [0.25, 0.3) is 0 Å². The highest BCUT2D eigenvalue weighted by atomic mass is 28.3. The van der Waals surface area contributed by atoms with E-state index in [9.17, 15) is 0 Å². The summed E-state index contributed by atoms with van der Waals surface area (Å²) >= 11 is 0. The molecule has 0 saturated carbocycles. The van der Waals surface area contributed by atoms with E-state index in [0.717, 1.165) is 0 Å². The molecule has 0 saturated heterocycles. The average molecular weight is 198 g/mol. The molecule has 0 aliphatic rings. The summed E-state index contributed by atoms with van der Waals surface area (Å²) in [5.74, 6) is 0. The van der Waals surface area contributed by atoms with Crippen LogP contribution in [0.4, 0.5) is 0 Å². The Morgan fingerprint density at radius 1 is 0.923 bits per heavy atom. The zero-order chi connectivity index (χ0) is 10.2. The van der Waals surface area contributed by atoms with E-state index in [-0.39, 0.29) is 0 Å². The van der Waals surface area contributed by atoms with Gasteiger partial charge < -0.3 is 0 Å². The Hall–Kier alpha value is -0.0431. The van der Waals surface area contributed by atoms with Gasteiger partial charge in [-0.3, -0.25) is 0 Å². The zero-order valence-corrected chi connectivity index (χ0v) is 10.9. The van der Waals surface area contributed by atoms with Gasteiger partial charge in [0.25, 0.3) is 0 Å². The van der Waals surface area contributed by atoms with Crippen LogP contribution in [0.15, 0.2) is 12.2 Å². The van der Waals surface area contributed by atoms with Crippen LogP contribution in [0.1, 0.15) is 39.0 Å². The first-order valence-corrected chi connectivity index (χ1v) is 9.38. The van der Waals surface area contributed by atoms with Crippen molar-refractivity contribution in [3.8, 4) is 0 Å². The fourth-order valence-electron chi connectivity index (χ4n) is 1.44. The predicted octanol–water partition coefficient (Wildman–Crippen LogP) is 4.85. The first-order chi connectivity index (χ1) is 6.06. The maximum atomic E-state index is 2.47. The van der Waals surface area contributed by atoms with E-state index in [1.807, 2.05) is 0 Å². The van der Waals surface area contributed by atoms with Gasteiger partial charge in [0.05, 0.1) is 0 Å². The second-order valence-electron chi connectivity index (χ2n) is 5.08. The summed E-state index contributed by atoms with van der Waals surface area (Å²) in [5.41, 5.74) is 0. The Balaban J connectivity index is 3.09. The van der Waals surface area contributed by atoms with E-state index >= 15 is 0 Å². The van der Waals surface area contributed by atoms with Crippen LogP contribution < -0.4 is 0 Å². The maximum Gasteiger partial charge on any atom is 0.0442 e. The lowest BCUT2D eigenvalue weighted by molar-refractivity contribution is 0.670. The Morgan fingerprint density at radius 3 is 2.08 bits per heavy atom. The van der Waals surface area contributed by atoms with Crippen LogP contribution in [0.2, 0.25) is 25.7 Å². The molecular formula is C12H26Si. The topological polar surface area (TPSA) is 0 Å². The minimum absolute atomic E-state index is 0.747. The van der Waals surface area contributed by atoms with Crippen molar-refractivity contribution in [3.05, 3.63) is 12.2 Å². The highest BCUT2D eigenvalue weighted by Crippen LogP contribution is 2.14. The molecule has 0 amide bonds. The van der Waals surface area contributed by atoms with Gasteiger partial charge >= 0.3 is 0 Å². The molecule has 0 aliphatic heterocycles. The Morgan fingerprint density at radius 2 is 1.54 bits per heavy atom. The van der Waals surface area contributed by atoms with Crippen LogP contribution >= 0.6 is 0 Å². The molecule has 0 bridgehead atoms. The van der Waals surface area contributed by atoms with Crippen LogP contribution in [-0.2, 0) is 0 Å². The normalized spacial score (nSPS) is 12.6. The molecule has 0 aromatic carbocycles. The highest BCUT2D eigenvalue weighted by molar-refractivity contribution is 6.76. The molecule has 0 N–H and O–H groups in total. The quantitative estimate of drug-likeness (QED) is 0.312. The van der Waals surface area contributed by atoms with E-state index in [0.29, 0.717) is 0 Å². The van der Waals surface area contributed by atoms with Gasteiger partial charge in [0.15, 0.2) is 0 Å². The summed E-state index contributed by atoms with van der Waals surface area (Å²) in [5, 5.41) is 0. The average Bonchev–Trinajstić information content (AvgIpc) is 2.01. The number of hydrogen-bond donors (Lipinski definition) is 0. The minimum Gasteiger partial charge on any atom is -0.0917 e. The van der Waals surface area contributed by atoms with Crippen molar-refractivity contribution in [3.63, 3.8) is 0 Å². The monoisotopic (exact) mass is 198 g/mol. The third kappa shape index (κ3) is 12.0. The fraction of sp³-hybridized carbons (Fsp3) is 0.833. The number of hydrogen-bond acceptors (Lipinski definition) is 0. The Kier molecular flexibility index (Phi) is 7.34. The van der Waals surface area contributed by atoms with Gasteiger partial charge in [-0.05, 0) is 19.8 Å². The lowest BCUT2D eigenvalue weighted by Crippen LogP contribution is -2.18. The van der Waals surface area contributed by atoms with E-state index in [2.05, 4.69) is 38.7 Å². The molecular weight excluding hydrogens is 172 g/mol. The standard InChI is InChI=1S/C12H26Si/c1-5-6-7-8-9-10-11-12-13(2,3)4/h5-6H,7-12H2,1-4H3/b6-5+. The zero-order valence-electron chi connectivity index (χ0n) is 9.90. The smallest absolute Gasteiger partial charge is 0.0442 e. The lowest BCUT2D eigenvalue weighted by atomic mass is 10.1. The fourth-order valence-corrected chi connectivity index (χ4v) is 2.75. The molecule has 0 aromatic rings. The molecule has 0 nitrogen and oxygen atoms in total. The first-order valence-electron chi connectivity index (χ1n) is 5.67. The van der Waals surface area contributed by atoms with Gasteiger partial charge in [-0.1, -0.05) is 57.1 Å². The van der Waals surface area contributed by atoms with Crippen molar-refractivity contribution >= 4 is 8.07 Å². The lowest BCUT2D eigenvalue weighted by Gasteiger charge is -2.14. The van der Waals surface area contributed by atoms with Gasteiger partial charge in [0, 0.05) is 8.07 Å². The van der Waals surface area contributed by atoms with Crippen molar-refractivity contribution in [2.45, 2.75) is 64.7 Å². The summed E-state index contributed by atoms with van der Waals surface area (Å²) in [6.07, 6.45) is 11.4. The number of rotatable bonds is 7. The molecule has 0 fully saturated rings. The van der Waals surface area contributed by atoms with E-state index < -0.39 is 8.07 Å². The largest absolute Gasteiger partial charge is 0.0917 e. The van der Waals surface area contributed by atoms with E-state index in [1.54, 1.807) is 0 Å². The molecule has 0 unspecified atom stereocenters. The molecule has 0 aliphatic carbocycles. The van der Waals surface area contributed by atoms with E-state index in [4.69, 9.17) is 0 Å². The van der Waals surface area contributed by atoms with Crippen LogP contribution in [0.3, 0.4) is 0 Å². The summed E-state index contributed by atoms with van der Waals surface area (Å²) in [7, 11) is -0.747. The molecule has 0 heterocycles. The van der Waals surface area contributed by atoms with Gasteiger partial charge in [0.2, 0.25) is 0 Å². The predicted molar refractivity (Wildman–Crippen MR) is 66.1 cm³/mol. The maximum absolute atomic E-state index is 2.47. The van der Waals surface area contributed by atoms with Gasteiger partial charge in [0.1, 0.15) is 0 Å². The molecule has 0 radical (unpaired) electrons. The molecule has 0 spiro atoms. The second-order valence-corrected chi connectivity index (χ2v) is 10.7.